The van der Waals surface area contributed by atoms with E-state index in [4.69, 9.17) is 4.89 Å². The van der Waals surface area contributed by atoms with Gasteiger partial charge in [0, 0.05) is 6.42 Å². The first-order valence-electron chi connectivity index (χ1n) is 5.94. The molecule has 0 amide bonds. The van der Waals surface area contributed by atoms with Gasteiger partial charge in [0.2, 0.25) is 0 Å². The van der Waals surface area contributed by atoms with Crippen LogP contribution in [0.3, 0.4) is 0 Å². The van der Waals surface area contributed by atoms with Crippen LogP contribution in [-0.4, -0.2) is 12.6 Å². The van der Waals surface area contributed by atoms with Crippen molar-refractivity contribution in [1.82, 2.24) is 0 Å². The summed E-state index contributed by atoms with van der Waals surface area (Å²) in [5.74, 6) is -0.371. The maximum atomic E-state index is 11.1. The summed E-state index contributed by atoms with van der Waals surface area (Å²) in [5.41, 5.74) is 0.189. The Bertz CT molecular complexity index is 184. The average molecular weight is 232 g/mol. The summed E-state index contributed by atoms with van der Waals surface area (Å²) >= 11 is 0. The highest BCUT2D eigenvalue weighted by atomic mass is 17.5. The van der Waals surface area contributed by atoms with Gasteiger partial charge in [-0.3, -0.25) is 4.89 Å². The minimum Gasteiger partial charge on any atom is -0.269 e. The predicted molar refractivity (Wildman–Crippen MR) is 61.3 cm³/mol. The molecule has 0 aromatic carbocycles. The lowest BCUT2D eigenvalue weighted by Crippen LogP contribution is -2.11. The van der Waals surface area contributed by atoms with Gasteiger partial charge in [-0.1, -0.05) is 40.5 Å². The van der Waals surface area contributed by atoms with Gasteiger partial charge >= 0.3 is 5.97 Å². The number of hydrogen-bond donors (Lipinski definition) is 0. The monoisotopic (exact) mass is 232 g/mol. The Balaban J connectivity index is 3.28. The normalized spacial score (nSPS) is 11.5. The van der Waals surface area contributed by atoms with E-state index in [1.54, 1.807) is 0 Å². The molecule has 0 fully saturated rings. The minimum absolute atomic E-state index is 0.189. The molecule has 16 heavy (non-hydrogen) atoms. The minimum atomic E-state index is -0.371. The first-order chi connectivity index (χ1) is 7.45. The summed E-state index contributed by atoms with van der Waals surface area (Å²) < 4.78 is 0. The van der Waals surface area contributed by atoms with Crippen LogP contribution in [0.25, 0.3) is 0 Å². The zero-order chi connectivity index (χ0) is 12.4. The fourth-order valence-electron chi connectivity index (χ4n) is 1.00. The van der Waals surface area contributed by atoms with E-state index in [2.05, 4.69) is 37.6 Å². The first kappa shape index (κ1) is 15.4. The van der Waals surface area contributed by atoms with Gasteiger partial charge in [-0.05, 0) is 23.3 Å². The van der Waals surface area contributed by atoms with Gasteiger partial charge in [0.15, 0.2) is 0 Å². The number of carbonyl (C=O) groups excluding carboxylic acids is 1. The Morgan fingerprint density at radius 2 is 1.88 bits per heavy atom. The quantitative estimate of drug-likeness (QED) is 0.365. The zero-order valence-electron chi connectivity index (χ0n) is 10.9. The summed E-state index contributed by atoms with van der Waals surface area (Å²) in [4.78, 5) is 20.2. The smallest absolute Gasteiger partial charge is 0.269 e. The van der Waals surface area contributed by atoms with E-state index in [-0.39, 0.29) is 11.4 Å². The topological polar surface area (TPSA) is 44.8 Å². The molecule has 0 unspecified atom stereocenters. The van der Waals surface area contributed by atoms with Crippen molar-refractivity contribution in [3.63, 3.8) is 0 Å². The molecule has 0 rings (SSSR count). The zero-order valence-corrected chi connectivity index (χ0v) is 10.9. The van der Waals surface area contributed by atoms with Crippen molar-refractivity contribution in [2.24, 2.45) is 5.41 Å². The van der Waals surface area contributed by atoms with Gasteiger partial charge in [-0.15, -0.1) is 0 Å². The van der Waals surface area contributed by atoms with Crippen LogP contribution in [0.15, 0.2) is 0 Å². The Labute approximate surface area is 98.1 Å². The molecule has 0 saturated heterocycles. The molecule has 0 aliphatic heterocycles. The van der Waals surface area contributed by atoms with Crippen molar-refractivity contribution in [3.05, 3.63) is 0 Å². The molecule has 4 nitrogen and oxygen atoms in total. The Morgan fingerprint density at radius 1 is 1.19 bits per heavy atom. The number of unbranched alkanes of at least 4 members (excludes halogenated alkanes) is 2. The molecule has 0 saturated carbocycles. The van der Waals surface area contributed by atoms with Crippen molar-refractivity contribution in [3.8, 4) is 0 Å². The molecule has 0 heterocycles. The van der Waals surface area contributed by atoms with E-state index in [1.807, 2.05) is 0 Å². The van der Waals surface area contributed by atoms with Crippen LogP contribution in [0, 0.1) is 5.41 Å². The van der Waals surface area contributed by atoms with Crippen molar-refractivity contribution >= 4 is 5.97 Å². The molecule has 4 heteroatoms. The van der Waals surface area contributed by atoms with Crippen molar-refractivity contribution < 1.29 is 19.6 Å². The van der Waals surface area contributed by atoms with Crippen LogP contribution in [0.1, 0.15) is 59.8 Å². The maximum absolute atomic E-state index is 11.1. The van der Waals surface area contributed by atoms with Gasteiger partial charge < -0.3 is 0 Å². The Hall–Kier alpha value is -0.610. The highest BCUT2D eigenvalue weighted by Gasteiger charge is 2.10. The van der Waals surface area contributed by atoms with Gasteiger partial charge in [0.05, 0.1) is 6.61 Å². The second-order valence-electron chi connectivity index (χ2n) is 5.11. The molecular formula is C12H24O4. The first-order valence-corrected chi connectivity index (χ1v) is 5.94. The van der Waals surface area contributed by atoms with Crippen molar-refractivity contribution in [2.45, 2.75) is 59.8 Å². The summed E-state index contributed by atoms with van der Waals surface area (Å²) in [6, 6.07) is 0. The third-order valence-corrected chi connectivity index (χ3v) is 2.09. The third-order valence-electron chi connectivity index (χ3n) is 2.09. The Morgan fingerprint density at radius 3 is 2.44 bits per heavy atom. The van der Waals surface area contributed by atoms with E-state index in [9.17, 15) is 4.79 Å². The standard InChI is InChI=1S/C12H24O4/c1-5-6-7-8-11(13)15-16-14-10-9-12(2,3)4/h5-10H2,1-4H3. The molecular weight excluding hydrogens is 208 g/mol. The SMILES string of the molecule is CCCCCC(=O)OOOCCC(C)(C)C. The summed E-state index contributed by atoms with van der Waals surface area (Å²) in [5, 5.41) is 4.37. The third kappa shape index (κ3) is 11.5. The second kappa shape index (κ2) is 8.53. The van der Waals surface area contributed by atoms with Gasteiger partial charge in [-0.2, -0.15) is 4.89 Å². The molecule has 0 radical (unpaired) electrons. The molecule has 0 aromatic rings. The highest BCUT2D eigenvalue weighted by Crippen LogP contribution is 2.17. The van der Waals surface area contributed by atoms with Gasteiger partial charge in [0.25, 0.3) is 0 Å². The number of rotatable bonds is 8. The fourth-order valence-corrected chi connectivity index (χ4v) is 1.00. The summed E-state index contributed by atoms with van der Waals surface area (Å²) in [7, 11) is 0. The highest BCUT2D eigenvalue weighted by molar-refractivity contribution is 5.68. The van der Waals surface area contributed by atoms with E-state index in [0.29, 0.717) is 13.0 Å². The van der Waals surface area contributed by atoms with Crippen molar-refractivity contribution in [1.29, 1.82) is 0 Å². The van der Waals surface area contributed by atoms with Crippen LogP contribution in [0.2, 0.25) is 0 Å². The Kier molecular flexibility index (Phi) is 8.21. The van der Waals surface area contributed by atoms with E-state index in [0.717, 1.165) is 25.7 Å². The molecule has 0 aliphatic rings. The lowest BCUT2D eigenvalue weighted by molar-refractivity contribution is -0.487. The van der Waals surface area contributed by atoms with Crippen LogP contribution >= 0.6 is 0 Å². The van der Waals surface area contributed by atoms with Crippen LogP contribution < -0.4 is 0 Å². The van der Waals surface area contributed by atoms with Crippen LogP contribution in [0.5, 0.6) is 0 Å². The lowest BCUT2D eigenvalue weighted by atomic mass is 9.93. The molecule has 0 atom stereocenters. The van der Waals surface area contributed by atoms with Crippen LogP contribution in [0.4, 0.5) is 0 Å². The lowest BCUT2D eigenvalue weighted by Gasteiger charge is -2.16. The number of hydrogen-bond acceptors (Lipinski definition) is 4. The molecule has 0 aromatic heterocycles. The van der Waals surface area contributed by atoms with Crippen LogP contribution in [-0.2, 0) is 19.6 Å². The van der Waals surface area contributed by atoms with Gasteiger partial charge in [-0.25, -0.2) is 4.79 Å². The second-order valence-corrected chi connectivity index (χ2v) is 5.11. The predicted octanol–water partition coefficient (Wildman–Crippen LogP) is 3.41. The van der Waals surface area contributed by atoms with E-state index < -0.39 is 0 Å². The fraction of sp³-hybridized carbons (Fsp3) is 0.917. The molecule has 0 aliphatic carbocycles. The average Bonchev–Trinajstić information content (AvgIpc) is 2.16. The maximum Gasteiger partial charge on any atom is 0.345 e. The van der Waals surface area contributed by atoms with Crippen molar-refractivity contribution in [2.75, 3.05) is 6.61 Å². The van der Waals surface area contributed by atoms with E-state index in [1.165, 1.54) is 0 Å². The largest absolute Gasteiger partial charge is 0.345 e. The van der Waals surface area contributed by atoms with E-state index >= 15 is 0 Å². The summed E-state index contributed by atoms with van der Waals surface area (Å²) in [6.07, 6.45) is 4.17. The molecule has 0 spiro atoms. The van der Waals surface area contributed by atoms with Gasteiger partial charge in [0.1, 0.15) is 0 Å². The molecule has 0 bridgehead atoms. The molecule has 0 N–H and O–H groups in total. The molecule has 96 valence electrons. The summed E-state index contributed by atoms with van der Waals surface area (Å²) in [6.45, 7) is 8.82. The number of carbonyl (C=O) groups is 1.